The smallest absolute Gasteiger partial charge is 0.351 e. The molecule has 0 radical (unpaired) electrons. The Morgan fingerprint density at radius 3 is 2.79 bits per heavy atom. The van der Waals surface area contributed by atoms with Crippen LogP contribution in [0.2, 0.25) is 0 Å². The zero-order valence-corrected chi connectivity index (χ0v) is 15.9. The van der Waals surface area contributed by atoms with Crippen molar-refractivity contribution in [2.45, 2.75) is 57.6 Å². The van der Waals surface area contributed by atoms with Gasteiger partial charge in [0.05, 0.1) is 5.92 Å². The highest BCUT2D eigenvalue weighted by atomic mass is 16.8. The topological polar surface area (TPSA) is 164 Å². The van der Waals surface area contributed by atoms with E-state index in [1.54, 1.807) is 27.7 Å². The summed E-state index contributed by atoms with van der Waals surface area (Å²) in [5.74, 6) is -1.88. The van der Waals surface area contributed by atoms with Gasteiger partial charge in [-0.2, -0.15) is 4.98 Å². The Labute approximate surface area is 160 Å². The number of azide groups is 1. The van der Waals surface area contributed by atoms with Gasteiger partial charge in [-0.25, -0.2) is 4.79 Å². The van der Waals surface area contributed by atoms with E-state index in [9.17, 15) is 9.59 Å². The molecule has 12 nitrogen and oxygen atoms in total. The number of carbonyl (C=O) groups excluding carboxylic acids is 1. The second-order valence-electron chi connectivity index (χ2n) is 7.37. The zero-order chi connectivity index (χ0) is 20.7. The van der Waals surface area contributed by atoms with Gasteiger partial charge in [-0.05, 0) is 25.4 Å². The number of esters is 1. The molecule has 28 heavy (non-hydrogen) atoms. The molecule has 2 aliphatic rings. The first-order valence-corrected chi connectivity index (χ1v) is 8.69. The summed E-state index contributed by atoms with van der Waals surface area (Å²) in [6.07, 6.45) is -1.38. The van der Waals surface area contributed by atoms with E-state index in [0.717, 1.165) is 4.57 Å². The average Bonchev–Trinajstić information content (AvgIpc) is 3.06. The summed E-state index contributed by atoms with van der Waals surface area (Å²) in [5, 5.41) is 3.73. The summed E-state index contributed by atoms with van der Waals surface area (Å²) in [4.78, 5) is 30.8. The molecule has 3 heterocycles. The highest BCUT2D eigenvalue weighted by Gasteiger charge is 2.64. The van der Waals surface area contributed by atoms with Gasteiger partial charge in [-0.3, -0.25) is 9.36 Å². The van der Waals surface area contributed by atoms with Crippen LogP contribution in [0.4, 0.5) is 5.82 Å². The lowest BCUT2D eigenvalue weighted by Crippen LogP contribution is -2.46. The molecule has 2 saturated heterocycles. The van der Waals surface area contributed by atoms with Crippen LogP contribution in [0.3, 0.4) is 0 Å². The Bertz CT molecular complexity index is 879. The average molecular weight is 394 g/mol. The quantitative estimate of drug-likeness (QED) is 0.335. The van der Waals surface area contributed by atoms with E-state index in [0.29, 0.717) is 0 Å². The van der Waals surface area contributed by atoms with E-state index in [2.05, 4.69) is 15.0 Å². The lowest BCUT2D eigenvalue weighted by atomic mass is 10.1. The van der Waals surface area contributed by atoms with Crippen molar-refractivity contribution in [1.82, 2.24) is 9.55 Å². The number of aromatic nitrogens is 2. The maximum atomic E-state index is 12.3. The van der Waals surface area contributed by atoms with Crippen LogP contribution >= 0.6 is 0 Å². The number of rotatable bonds is 5. The molecule has 0 aliphatic carbocycles. The third-order valence-electron chi connectivity index (χ3n) is 4.41. The molecule has 2 fully saturated rings. The summed E-state index contributed by atoms with van der Waals surface area (Å²) in [6.45, 7) is 6.28. The fraction of sp³-hybridized carbons (Fsp3) is 0.688. The van der Waals surface area contributed by atoms with E-state index in [4.69, 9.17) is 30.2 Å². The SMILES string of the molecule is CC(C)C(=O)OC[C@@]1(N=[N+]=[N-])O[C@@H](n2ccc(N)nc2=O)[C@@H]2OC(C)(C)O[C@@H]21. The van der Waals surface area contributed by atoms with Gasteiger partial charge in [-0.1, -0.05) is 19.0 Å². The van der Waals surface area contributed by atoms with Crippen molar-refractivity contribution < 1.29 is 23.7 Å². The highest BCUT2D eigenvalue weighted by Crippen LogP contribution is 2.48. The fourth-order valence-corrected chi connectivity index (χ4v) is 3.17. The van der Waals surface area contributed by atoms with Gasteiger partial charge >= 0.3 is 11.7 Å². The Kier molecular flexibility index (Phi) is 5.06. The number of anilines is 1. The Morgan fingerprint density at radius 2 is 2.18 bits per heavy atom. The second kappa shape index (κ2) is 7.06. The molecular formula is C16H22N6O6. The van der Waals surface area contributed by atoms with Gasteiger partial charge in [0, 0.05) is 11.1 Å². The van der Waals surface area contributed by atoms with Crippen LogP contribution in [-0.4, -0.2) is 45.8 Å². The molecule has 1 aromatic heterocycles. The molecule has 0 unspecified atom stereocenters. The molecule has 1 aromatic rings. The minimum Gasteiger partial charge on any atom is -0.462 e. The van der Waals surface area contributed by atoms with Gasteiger partial charge in [0.25, 0.3) is 0 Å². The normalized spacial score (nSPS) is 30.7. The molecule has 0 amide bonds. The first kappa shape index (κ1) is 20.1. The number of nitrogens with two attached hydrogens (primary N) is 1. The van der Waals surface area contributed by atoms with Crippen LogP contribution < -0.4 is 11.4 Å². The highest BCUT2D eigenvalue weighted by molar-refractivity contribution is 5.71. The van der Waals surface area contributed by atoms with E-state index in [1.165, 1.54) is 12.3 Å². The van der Waals surface area contributed by atoms with E-state index in [1.807, 2.05) is 0 Å². The van der Waals surface area contributed by atoms with Crippen molar-refractivity contribution in [2.75, 3.05) is 12.3 Å². The minimum absolute atomic E-state index is 0.0480. The number of fused-ring (bicyclic) bond motifs is 1. The zero-order valence-electron chi connectivity index (χ0n) is 15.9. The van der Waals surface area contributed by atoms with Gasteiger partial charge in [0.15, 0.2) is 12.0 Å². The number of hydrogen-bond donors (Lipinski definition) is 1. The molecule has 0 saturated carbocycles. The molecule has 0 bridgehead atoms. The minimum atomic E-state index is -1.72. The number of nitrogen functional groups attached to an aromatic ring is 1. The molecule has 4 atom stereocenters. The van der Waals surface area contributed by atoms with Gasteiger partial charge in [0.2, 0.25) is 5.72 Å². The monoisotopic (exact) mass is 394 g/mol. The second-order valence-corrected chi connectivity index (χ2v) is 7.37. The molecule has 0 spiro atoms. The summed E-state index contributed by atoms with van der Waals surface area (Å²) in [6, 6.07) is 1.42. The number of nitrogens with zero attached hydrogens (tertiary/aromatic N) is 5. The van der Waals surface area contributed by atoms with Crippen LogP contribution in [0.25, 0.3) is 10.4 Å². The van der Waals surface area contributed by atoms with Crippen molar-refractivity contribution in [3.63, 3.8) is 0 Å². The van der Waals surface area contributed by atoms with Crippen molar-refractivity contribution in [3.8, 4) is 0 Å². The Hall–Kier alpha value is -2.66. The van der Waals surface area contributed by atoms with E-state index in [-0.39, 0.29) is 5.82 Å². The number of carbonyl (C=O) groups is 1. The lowest BCUT2D eigenvalue weighted by molar-refractivity contribution is -0.229. The molecular weight excluding hydrogens is 372 g/mol. The predicted molar refractivity (Wildman–Crippen MR) is 94.5 cm³/mol. The van der Waals surface area contributed by atoms with Gasteiger partial charge in [-0.15, -0.1) is 0 Å². The van der Waals surface area contributed by atoms with Gasteiger partial charge < -0.3 is 24.7 Å². The first-order valence-electron chi connectivity index (χ1n) is 8.69. The van der Waals surface area contributed by atoms with Crippen molar-refractivity contribution in [3.05, 3.63) is 33.2 Å². The van der Waals surface area contributed by atoms with Crippen LogP contribution in [-0.2, 0) is 23.7 Å². The molecule has 3 rings (SSSR count). The first-order chi connectivity index (χ1) is 13.1. The van der Waals surface area contributed by atoms with Crippen molar-refractivity contribution in [1.29, 1.82) is 0 Å². The molecule has 152 valence electrons. The molecule has 12 heteroatoms. The standard InChI is InChI=1S/C16H22N6O6/c1-8(2)13(23)25-7-16(20-21-18)11-10(26-15(3,4)27-11)12(28-16)22-6-5-9(17)19-14(22)24/h5-6,8,10-12H,7H2,1-4H3,(H2,17,19,24)/t10-,11+,12-,16-/m1/s1. The summed E-state index contributed by atoms with van der Waals surface area (Å²) < 4.78 is 24.1. The molecule has 2 aliphatic heterocycles. The van der Waals surface area contributed by atoms with E-state index < -0.39 is 54.1 Å². The largest absolute Gasteiger partial charge is 0.462 e. The van der Waals surface area contributed by atoms with Gasteiger partial charge in [0.1, 0.15) is 24.6 Å². The van der Waals surface area contributed by atoms with Crippen molar-refractivity contribution in [2.24, 2.45) is 11.0 Å². The maximum Gasteiger partial charge on any atom is 0.351 e. The number of hydrogen-bond acceptors (Lipinski definition) is 9. The Morgan fingerprint density at radius 1 is 1.46 bits per heavy atom. The summed E-state index contributed by atoms with van der Waals surface area (Å²) in [5.41, 5.74) is 12.3. The molecule has 0 aromatic carbocycles. The third-order valence-corrected chi connectivity index (χ3v) is 4.41. The Balaban J connectivity index is 2.01. The van der Waals surface area contributed by atoms with Crippen LogP contribution in [0.15, 0.2) is 22.2 Å². The maximum absolute atomic E-state index is 12.3. The third kappa shape index (κ3) is 3.54. The molecule has 2 N–H and O–H groups in total. The van der Waals surface area contributed by atoms with E-state index >= 15 is 0 Å². The summed E-state index contributed by atoms with van der Waals surface area (Å²) in [7, 11) is 0. The fourth-order valence-electron chi connectivity index (χ4n) is 3.17. The van der Waals surface area contributed by atoms with Crippen LogP contribution in [0.1, 0.15) is 33.9 Å². The summed E-state index contributed by atoms with van der Waals surface area (Å²) >= 11 is 0. The predicted octanol–water partition coefficient (Wildman–Crippen LogP) is 1.08. The number of ether oxygens (including phenoxy) is 4. The lowest BCUT2D eigenvalue weighted by Gasteiger charge is -2.30. The van der Waals surface area contributed by atoms with Crippen molar-refractivity contribution >= 4 is 11.8 Å². The van der Waals surface area contributed by atoms with Crippen LogP contribution in [0, 0.1) is 5.92 Å². The van der Waals surface area contributed by atoms with Crippen LogP contribution in [0.5, 0.6) is 0 Å².